The molecule has 0 bridgehead atoms. The van der Waals surface area contributed by atoms with Crippen LogP contribution in [-0.2, 0) is 21.2 Å². The highest BCUT2D eigenvalue weighted by molar-refractivity contribution is 7.92. The highest BCUT2D eigenvalue weighted by Gasteiger charge is 2.22. The largest absolute Gasteiger partial charge is 0.300 e. The Balaban J connectivity index is 1.70. The molecular weight excluding hydrogens is 430 g/mol. The maximum atomic E-state index is 12.5. The van der Waals surface area contributed by atoms with Gasteiger partial charge in [-0.2, -0.15) is 0 Å². The molecule has 29 heavy (non-hydrogen) atoms. The second-order valence-electron chi connectivity index (χ2n) is 6.54. The maximum absolute atomic E-state index is 12.5. The smallest absolute Gasteiger partial charge is 0.246 e. The molecule has 2 aromatic carbocycles. The maximum Gasteiger partial charge on any atom is 0.246 e. The Kier molecular flexibility index (Phi) is 6.56. The summed E-state index contributed by atoms with van der Waals surface area (Å²) >= 11 is 7.35. The van der Waals surface area contributed by atoms with Crippen molar-refractivity contribution >= 4 is 49.7 Å². The summed E-state index contributed by atoms with van der Waals surface area (Å²) in [6.07, 6.45) is 3.42. The lowest BCUT2D eigenvalue weighted by atomic mass is 10.1. The lowest BCUT2D eigenvalue weighted by molar-refractivity contribution is -0.114. The third-order valence-corrected chi connectivity index (χ3v) is 6.41. The number of hydrogen-bond acceptors (Lipinski definition) is 5. The molecule has 0 radical (unpaired) electrons. The molecule has 3 rings (SSSR count). The number of rotatable bonds is 7. The normalized spacial score (nSPS) is 11.3. The average Bonchev–Trinajstić information content (AvgIpc) is 3.06. The standard InChI is InChI=1S/C20H20ClN3O3S2/c1-14-6-3-4-9-18(14)24(29(2,26)27)13-19(25)23-20-22-12-17(28-20)11-15-7-5-8-16(21)10-15/h3-10,12H,11,13H2,1-2H3,(H,22,23,25). The molecule has 0 unspecified atom stereocenters. The molecule has 0 aliphatic heterocycles. The SMILES string of the molecule is Cc1ccccc1N(CC(=O)Nc1ncc(Cc2cccc(Cl)c2)s1)S(C)(=O)=O. The number of halogens is 1. The molecule has 0 fully saturated rings. The second kappa shape index (κ2) is 8.94. The Labute approximate surface area is 179 Å². The third kappa shape index (κ3) is 5.79. The van der Waals surface area contributed by atoms with Gasteiger partial charge in [0.1, 0.15) is 6.54 Å². The number of benzene rings is 2. The fraction of sp³-hybridized carbons (Fsp3) is 0.200. The third-order valence-electron chi connectivity index (χ3n) is 4.14. The van der Waals surface area contributed by atoms with Crippen molar-refractivity contribution < 1.29 is 13.2 Å². The molecule has 6 nitrogen and oxygen atoms in total. The number of hydrogen-bond donors (Lipinski definition) is 1. The molecular formula is C20H20ClN3O3S2. The monoisotopic (exact) mass is 449 g/mol. The minimum Gasteiger partial charge on any atom is -0.300 e. The molecule has 152 valence electrons. The highest BCUT2D eigenvalue weighted by atomic mass is 35.5. The zero-order valence-corrected chi connectivity index (χ0v) is 18.3. The molecule has 1 amide bonds. The minimum absolute atomic E-state index is 0.326. The van der Waals surface area contributed by atoms with Crippen LogP contribution in [0.2, 0.25) is 5.02 Å². The van der Waals surface area contributed by atoms with Gasteiger partial charge in [0.05, 0.1) is 11.9 Å². The second-order valence-corrected chi connectivity index (χ2v) is 10.0. The first-order valence-corrected chi connectivity index (χ1v) is 11.8. The van der Waals surface area contributed by atoms with Gasteiger partial charge in [-0.05, 0) is 36.2 Å². The summed E-state index contributed by atoms with van der Waals surface area (Å²) in [5, 5.41) is 3.77. The van der Waals surface area contributed by atoms with Crippen LogP contribution in [0.25, 0.3) is 0 Å². The molecule has 0 saturated carbocycles. The number of aromatic nitrogens is 1. The van der Waals surface area contributed by atoms with Crippen molar-refractivity contribution in [2.45, 2.75) is 13.3 Å². The van der Waals surface area contributed by atoms with Crippen LogP contribution in [0.1, 0.15) is 16.0 Å². The molecule has 1 heterocycles. The number of sulfonamides is 1. The first kappa shape index (κ1) is 21.3. The Morgan fingerprint density at radius 1 is 1.21 bits per heavy atom. The number of amides is 1. The summed E-state index contributed by atoms with van der Waals surface area (Å²) in [7, 11) is -3.62. The van der Waals surface area contributed by atoms with Gasteiger partial charge in [-0.1, -0.05) is 41.9 Å². The fourth-order valence-corrected chi connectivity index (χ4v) is 4.80. The van der Waals surface area contributed by atoms with E-state index in [9.17, 15) is 13.2 Å². The molecule has 0 atom stereocenters. The van der Waals surface area contributed by atoms with E-state index in [2.05, 4.69) is 10.3 Å². The fourth-order valence-electron chi connectivity index (χ4n) is 2.81. The number of aryl methyl sites for hydroxylation is 1. The predicted molar refractivity (Wildman–Crippen MR) is 118 cm³/mol. The van der Waals surface area contributed by atoms with Crippen LogP contribution < -0.4 is 9.62 Å². The lowest BCUT2D eigenvalue weighted by Gasteiger charge is -2.23. The number of anilines is 2. The highest BCUT2D eigenvalue weighted by Crippen LogP contribution is 2.24. The Morgan fingerprint density at radius 3 is 2.66 bits per heavy atom. The van der Waals surface area contributed by atoms with Crippen molar-refractivity contribution in [3.8, 4) is 0 Å². The number of para-hydroxylation sites is 1. The van der Waals surface area contributed by atoms with Crippen molar-refractivity contribution in [2.24, 2.45) is 0 Å². The van der Waals surface area contributed by atoms with Crippen molar-refractivity contribution in [1.82, 2.24) is 4.98 Å². The van der Waals surface area contributed by atoms with Gasteiger partial charge in [0.25, 0.3) is 0 Å². The van der Waals surface area contributed by atoms with E-state index < -0.39 is 15.9 Å². The van der Waals surface area contributed by atoms with E-state index in [-0.39, 0.29) is 6.54 Å². The van der Waals surface area contributed by atoms with E-state index in [0.29, 0.717) is 22.3 Å². The van der Waals surface area contributed by atoms with E-state index in [1.54, 1.807) is 31.3 Å². The zero-order chi connectivity index (χ0) is 21.0. The van der Waals surface area contributed by atoms with Crippen LogP contribution in [0.4, 0.5) is 10.8 Å². The van der Waals surface area contributed by atoms with E-state index in [4.69, 9.17) is 11.6 Å². The van der Waals surface area contributed by atoms with Gasteiger partial charge >= 0.3 is 0 Å². The zero-order valence-electron chi connectivity index (χ0n) is 15.9. The van der Waals surface area contributed by atoms with Gasteiger partial charge < -0.3 is 5.32 Å². The minimum atomic E-state index is -3.62. The van der Waals surface area contributed by atoms with Gasteiger partial charge in [-0.15, -0.1) is 11.3 Å². The van der Waals surface area contributed by atoms with Gasteiger partial charge in [0.15, 0.2) is 5.13 Å². The van der Waals surface area contributed by atoms with Crippen LogP contribution in [0.15, 0.2) is 54.7 Å². The van der Waals surface area contributed by atoms with Crippen LogP contribution in [0.3, 0.4) is 0 Å². The topological polar surface area (TPSA) is 79.4 Å². The van der Waals surface area contributed by atoms with Gasteiger partial charge in [-0.25, -0.2) is 13.4 Å². The molecule has 1 N–H and O–H groups in total. The van der Waals surface area contributed by atoms with E-state index >= 15 is 0 Å². The molecule has 1 aromatic heterocycles. The average molecular weight is 450 g/mol. The van der Waals surface area contributed by atoms with E-state index in [1.807, 2.05) is 30.3 Å². The van der Waals surface area contributed by atoms with Crippen LogP contribution in [-0.4, -0.2) is 32.1 Å². The molecule has 0 aliphatic rings. The number of nitrogens with one attached hydrogen (secondary N) is 1. The number of carbonyl (C=O) groups is 1. The first-order chi connectivity index (χ1) is 13.7. The van der Waals surface area contributed by atoms with Crippen LogP contribution in [0, 0.1) is 6.92 Å². The van der Waals surface area contributed by atoms with E-state index in [1.165, 1.54) is 11.3 Å². The Morgan fingerprint density at radius 2 is 1.97 bits per heavy atom. The molecule has 3 aromatic rings. The van der Waals surface area contributed by atoms with Crippen LogP contribution in [0.5, 0.6) is 0 Å². The first-order valence-electron chi connectivity index (χ1n) is 8.75. The van der Waals surface area contributed by atoms with Gasteiger partial charge in [0.2, 0.25) is 15.9 Å². The molecule has 0 saturated heterocycles. The summed E-state index contributed by atoms with van der Waals surface area (Å²) in [4.78, 5) is 17.7. The molecule has 0 spiro atoms. The Bertz CT molecular complexity index is 1130. The summed E-state index contributed by atoms with van der Waals surface area (Å²) in [6.45, 7) is 1.47. The summed E-state index contributed by atoms with van der Waals surface area (Å²) < 4.78 is 25.6. The number of carbonyl (C=O) groups excluding carboxylic acids is 1. The molecule has 0 aliphatic carbocycles. The lowest BCUT2D eigenvalue weighted by Crippen LogP contribution is -2.37. The van der Waals surface area contributed by atoms with Crippen LogP contribution >= 0.6 is 22.9 Å². The number of nitrogens with zero attached hydrogens (tertiary/aromatic N) is 2. The van der Waals surface area contributed by atoms with Crippen molar-refractivity contribution in [2.75, 3.05) is 22.4 Å². The summed E-state index contributed by atoms with van der Waals surface area (Å²) in [6, 6.07) is 14.6. The van der Waals surface area contributed by atoms with Gasteiger partial charge in [0, 0.05) is 22.5 Å². The van der Waals surface area contributed by atoms with Crippen molar-refractivity contribution in [1.29, 1.82) is 0 Å². The summed E-state index contributed by atoms with van der Waals surface area (Å²) in [5.74, 6) is -0.456. The predicted octanol–water partition coefficient (Wildman–Crippen LogP) is 4.10. The summed E-state index contributed by atoms with van der Waals surface area (Å²) in [5.41, 5.74) is 2.29. The number of thiazole rings is 1. The van der Waals surface area contributed by atoms with E-state index in [0.717, 1.165) is 26.6 Å². The van der Waals surface area contributed by atoms with Gasteiger partial charge in [-0.3, -0.25) is 9.10 Å². The molecule has 9 heteroatoms. The quantitative estimate of drug-likeness (QED) is 0.588. The van der Waals surface area contributed by atoms with Crippen molar-refractivity contribution in [3.63, 3.8) is 0 Å². The van der Waals surface area contributed by atoms with Crippen molar-refractivity contribution in [3.05, 3.63) is 75.8 Å². The Hall–Kier alpha value is -2.42.